The molecule has 1 heterocycles. The summed E-state index contributed by atoms with van der Waals surface area (Å²) >= 11 is 0. The molecule has 0 amide bonds. The number of aryl methyl sites for hydroxylation is 2. The summed E-state index contributed by atoms with van der Waals surface area (Å²) in [5.41, 5.74) is 3.60. The molecule has 0 aliphatic carbocycles. The lowest BCUT2D eigenvalue weighted by molar-refractivity contribution is -0.140. The molecule has 2 N–H and O–H groups in total. The number of esters is 1. The monoisotopic (exact) mass is 493 g/mol. The van der Waals surface area contributed by atoms with Crippen LogP contribution >= 0.6 is 24.0 Å². The third-order valence-corrected chi connectivity index (χ3v) is 4.60. The standard InChI is InChI=1S/C19H35N5O2.HI/c1-14(13-17-15(2)23-24(5)16(17)3)22-19(20-4)21-12-10-8-7-9-11-18(25)26-6;/h14H,7-13H2,1-6H3,(H2,20,21,22);1H. The van der Waals surface area contributed by atoms with Gasteiger partial charge in [-0.2, -0.15) is 5.10 Å². The van der Waals surface area contributed by atoms with Crippen LogP contribution in [0.5, 0.6) is 0 Å². The molecule has 0 bridgehead atoms. The van der Waals surface area contributed by atoms with Gasteiger partial charge in [0.25, 0.3) is 0 Å². The fourth-order valence-corrected chi connectivity index (χ4v) is 2.95. The molecule has 0 saturated heterocycles. The molecule has 0 aliphatic heterocycles. The molecular formula is C19H36IN5O2. The number of nitrogens with one attached hydrogen (secondary N) is 2. The van der Waals surface area contributed by atoms with Gasteiger partial charge >= 0.3 is 5.97 Å². The van der Waals surface area contributed by atoms with Crippen LogP contribution in [-0.4, -0.2) is 48.5 Å². The number of hydrogen-bond acceptors (Lipinski definition) is 4. The Balaban J connectivity index is 0.00000676. The highest BCUT2D eigenvalue weighted by Gasteiger charge is 2.13. The van der Waals surface area contributed by atoms with E-state index >= 15 is 0 Å². The van der Waals surface area contributed by atoms with Crippen molar-refractivity contribution < 1.29 is 9.53 Å². The van der Waals surface area contributed by atoms with E-state index in [-0.39, 0.29) is 36.0 Å². The zero-order valence-corrected chi connectivity index (χ0v) is 19.9. The summed E-state index contributed by atoms with van der Waals surface area (Å²) in [5, 5.41) is 11.3. The SMILES string of the molecule is CN=C(NCCCCCCC(=O)OC)NC(C)Cc1c(C)nn(C)c1C.I. The van der Waals surface area contributed by atoms with E-state index in [4.69, 9.17) is 0 Å². The molecule has 1 unspecified atom stereocenters. The van der Waals surface area contributed by atoms with Crippen LogP contribution < -0.4 is 10.6 Å². The van der Waals surface area contributed by atoms with Gasteiger partial charge in [0.15, 0.2) is 5.96 Å². The van der Waals surface area contributed by atoms with Crippen molar-refractivity contribution in [1.82, 2.24) is 20.4 Å². The number of carbonyl (C=O) groups excluding carboxylic acids is 1. The first kappa shape index (κ1) is 25.7. The van der Waals surface area contributed by atoms with E-state index in [2.05, 4.69) is 46.2 Å². The van der Waals surface area contributed by atoms with Crippen LogP contribution in [0.3, 0.4) is 0 Å². The van der Waals surface area contributed by atoms with E-state index < -0.39 is 0 Å². The summed E-state index contributed by atoms with van der Waals surface area (Å²) < 4.78 is 6.57. The summed E-state index contributed by atoms with van der Waals surface area (Å²) in [6.07, 6.45) is 5.50. The average Bonchev–Trinajstić information content (AvgIpc) is 2.85. The van der Waals surface area contributed by atoms with Crippen LogP contribution in [0.1, 0.15) is 56.0 Å². The first-order valence-corrected chi connectivity index (χ1v) is 9.42. The number of aromatic nitrogens is 2. The molecule has 1 atom stereocenters. The van der Waals surface area contributed by atoms with Crippen LogP contribution in [0.2, 0.25) is 0 Å². The zero-order chi connectivity index (χ0) is 19.5. The molecule has 27 heavy (non-hydrogen) atoms. The number of ether oxygens (including phenoxy) is 1. The minimum atomic E-state index is -0.124. The number of rotatable bonds is 10. The molecule has 1 rings (SSSR count). The maximum Gasteiger partial charge on any atom is 0.305 e. The van der Waals surface area contributed by atoms with Crippen LogP contribution in [-0.2, 0) is 23.0 Å². The van der Waals surface area contributed by atoms with Crippen molar-refractivity contribution in [1.29, 1.82) is 0 Å². The van der Waals surface area contributed by atoms with Crippen molar-refractivity contribution >= 4 is 35.9 Å². The molecule has 1 aromatic heterocycles. The number of nitrogens with zero attached hydrogens (tertiary/aromatic N) is 3. The molecule has 8 heteroatoms. The predicted molar refractivity (Wildman–Crippen MR) is 121 cm³/mol. The lowest BCUT2D eigenvalue weighted by atomic mass is 10.1. The second-order valence-corrected chi connectivity index (χ2v) is 6.76. The van der Waals surface area contributed by atoms with Gasteiger partial charge in [-0.25, -0.2) is 0 Å². The summed E-state index contributed by atoms with van der Waals surface area (Å²) in [6, 6.07) is 0.267. The van der Waals surface area contributed by atoms with E-state index in [1.54, 1.807) is 7.05 Å². The molecule has 7 nitrogen and oxygen atoms in total. The van der Waals surface area contributed by atoms with E-state index in [0.29, 0.717) is 6.42 Å². The molecule has 0 radical (unpaired) electrons. The highest BCUT2D eigenvalue weighted by atomic mass is 127. The van der Waals surface area contributed by atoms with Gasteiger partial charge in [0.1, 0.15) is 0 Å². The molecule has 0 spiro atoms. The second-order valence-electron chi connectivity index (χ2n) is 6.76. The molecule has 0 aromatic carbocycles. The number of carbonyl (C=O) groups is 1. The van der Waals surface area contributed by atoms with Crippen LogP contribution in [0.4, 0.5) is 0 Å². The van der Waals surface area contributed by atoms with Gasteiger partial charge in [0.05, 0.1) is 12.8 Å². The predicted octanol–water partition coefficient (Wildman–Crippen LogP) is 2.87. The van der Waals surface area contributed by atoms with Gasteiger partial charge in [-0.15, -0.1) is 24.0 Å². The number of aliphatic imine (C=N–C) groups is 1. The van der Waals surface area contributed by atoms with Crippen molar-refractivity contribution in [3.8, 4) is 0 Å². The van der Waals surface area contributed by atoms with Crippen LogP contribution in [0.25, 0.3) is 0 Å². The lowest BCUT2D eigenvalue weighted by Crippen LogP contribution is -2.43. The van der Waals surface area contributed by atoms with Gasteiger partial charge in [0.2, 0.25) is 0 Å². The quantitative estimate of drug-likeness (QED) is 0.172. The number of methoxy groups -OCH3 is 1. The molecule has 1 aromatic rings. The Kier molecular flexibility index (Phi) is 13.1. The third-order valence-electron chi connectivity index (χ3n) is 4.60. The number of unbranched alkanes of at least 4 members (excludes halogenated alkanes) is 3. The van der Waals surface area contributed by atoms with Crippen LogP contribution in [0, 0.1) is 13.8 Å². The normalized spacial score (nSPS) is 12.3. The van der Waals surface area contributed by atoms with Gasteiger partial charge in [-0.3, -0.25) is 14.5 Å². The van der Waals surface area contributed by atoms with E-state index in [1.165, 1.54) is 18.4 Å². The van der Waals surface area contributed by atoms with Gasteiger partial charge in [0, 0.05) is 38.8 Å². The minimum Gasteiger partial charge on any atom is -0.469 e. The van der Waals surface area contributed by atoms with Gasteiger partial charge < -0.3 is 15.4 Å². The lowest BCUT2D eigenvalue weighted by Gasteiger charge is -2.18. The Hall–Kier alpha value is -1.32. The summed E-state index contributed by atoms with van der Waals surface area (Å²) in [6.45, 7) is 7.19. The fraction of sp³-hybridized carbons (Fsp3) is 0.737. The Bertz CT molecular complexity index is 601. The van der Waals surface area contributed by atoms with Crippen molar-refractivity contribution in [2.75, 3.05) is 20.7 Å². The number of hydrogen-bond donors (Lipinski definition) is 2. The van der Waals surface area contributed by atoms with Crippen molar-refractivity contribution in [2.24, 2.45) is 12.0 Å². The molecular weight excluding hydrogens is 457 g/mol. The van der Waals surface area contributed by atoms with Crippen molar-refractivity contribution in [2.45, 2.75) is 65.3 Å². The first-order chi connectivity index (χ1) is 12.4. The van der Waals surface area contributed by atoms with Gasteiger partial charge in [-0.1, -0.05) is 12.8 Å². The molecule has 0 fully saturated rings. The Labute approximate surface area is 180 Å². The first-order valence-electron chi connectivity index (χ1n) is 9.42. The van der Waals surface area contributed by atoms with Crippen molar-refractivity contribution in [3.63, 3.8) is 0 Å². The summed E-state index contributed by atoms with van der Waals surface area (Å²) in [5.74, 6) is 0.701. The zero-order valence-electron chi connectivity index (χ0n) is 17.6. The second kappa shape index (κ2) is 13.8. The Morgan fingerprint density at radius 3 is 2.48 bits per heavy atom. The largest absolute Gasteiger partial charge is 0.469 e. The molecule has 0 saturated carbocycles. The van der Waals surface area contributed by atoms with Crippen LogP contribution in [0.15, 0.2) is 4.99 Å². The van der Waals surface area contributed by atoms with Crippen molar-refractivity contribution in [3.05, 3.63) is 17.0 Å². The molecule has 156 valence electrons. The number of guanidine groups is 1. The smallest absolute Gasteiger partial charge is 0.305 e. The topological polar surface area (TPSA) is 80.5 Å². The third kappa shape index (κ3) is 9.44. The summed E-state index contributed by atoms with van der Waals surface area (Å²) in [4.78, 5) is 15.3. The van der Waals surface area contributed by atoms with E-state index in [9.17, 15) is 4.79 Å². The van der Waals surface area contributed by atoms with Gasteiger partial charge in [-0.05, 0) is 45.6 Å². The minimum absolute atomic E-state index is 0. The van der Waals surface area contributed by atoms with E-state index in [1.807, 2.05) is 11.7 Å². The Morgan fingerprint density at radius 2 is 1.93 bits per heavy atom. The number of halogens is 1. The maximum atomic E-state index is 11.0. The summed E-state index contributed by atoms with van der Waals surface area (Å²) in [7, 11) is 5.21. The Morgan fingerprint density at radius 1 is 1.26 bits per heavy atom. The highest BCUT2D eigenvalue weighted by Crippen LogP contribution is 2.14. The maximum absolute atomic E-state index is 11.0. The highest BCUT2D eigenvalue weighted by molar-refractivity contribution is 14.0. The fourth-order valence-electron chi connectivity index (χ4n) is 2.95. The molecule has 0 aliphatic rings. The average molecular weight is 493 g/mol. The van der Waals surface area contributed by atoms with E-state index in [0.717, 1.165) is 50.3 Å².